The molecule has 2 fully saturated rings. The summed E-state index contributed by atoms with van der Waals surface area (Å²) in [7, 11) is -0.510. The average Bonchev–Trinajstić information content (AvgIpc) is 3.22. The number of sulfonamides is 1. The lowest BCUT2D eigenvalue weighted by molar-refractivity contribution is -0.142. The van der Waals surface area contributed by atoms with Crippen LogP contribution in [0.1, 0.15) is 12.8 Å². The van der Waals surface area contributed by atoms with Crippen molar-refractivity contribution in [3.8, 4) is 0 Å². The van der Waals surface area contributed by atoms with Crippen molar-refractivity contribution in [2.45, 2.75) is 23.8 Å². The molecule has 0 aromatic heterocycles. The molecule has 2 heterocycles. The second-order valence-corrected chi connectivity index (χ2v) is 9.60. The minimum absolute atomic E-state index is 0.0672. The Balaban J connectivity index is 1.57. The Kier molecular flexibility index (Phi) is 6.54. The molecule has 1 N–H and O–H groups in total. The molecule has 0 bridgehead atoms. The first-order valence-electron chi connectivity index (χ1n) is 9.28. The molecule has 1 amide bonds. The number of nitrogens with zero attached hydrogens (tertiary/aromatic N) is 3. The van der Waals surface area contributed by atoms with Gasteiger partial charge >= 0.3 is 0 Å². The molecule has 2 aliphatic heterocycles. The van der Waals surface area contributed by atoms with Crippen molar-refractivity contribution >= 4 is 38.9 Å². The zero-order valence-corrected chi connectivity index (χ0v) is 17.8. The van der Waals surface area contributed by atoms with Crippen LogP contribution < -0.4 is 5.32 Å². The topological polar surface area (TPSA) is 82.2 Å². The summed E-state index contributed by atoms with van der Waals surface area (Å²) < 4.78 is 31.2. The van der Waals surface area contributed by atoms with Gasteiger partial charge in [0.05, 0.1) is 4.90 Å². The number of amides is 1. The van der Waals surface area contributed by atoms with Gasteiger partial charge in [-0.3, -0.25) is 4.79 Å². The van der Waals surface area contributed by atoms with E-state index >= 15 is 0 Å². The highest BCUT2D eigenvalue weighted by atomic mass is 32.2. The van der Waals surface area contributed by atoms with E-state index in [9.17, 15) is 13.2 Å². The summed E-state index contributed by atoms with van der Waals surface area (Å²) in [6.07, 6.45) is 1.44. The van der Waals surface area contributed by atoms with Gasteiger partial charge in [0.1, 0.15) is 6.10 Å². The van der Waals surface area contributed by atoms with Gasteiger partial charge in [-0.15, -0.1) is 0 Å². The molecule has 1 unspecified atom stereocenters. The Bertz CT molecular complexity index is 830. The van der Waals surface area contributed by atoms with E-state index in [1.807, 2.05) is 9.80 Å². The van der Waals surface area contributed by atoms with Crippen LogP contribution in [0.3, 0.4) is 0 Å². The van der Waals surface area contributed by atoms with Crippen LogP contribution in [0.15, 0.2) is 29.2 Å². The fourth-order valence-electron chi connectivity index (χ4n) is 3.25. The summed E-state index contributed by atoms with van der Waals surface area (Å²) in [5.41, 5.74) is 0.616. The fourth-order valence-corrected chi connectivity index (χ4v) is 4.50. The van der Waals surface area contributed by atoms with Crippen LogP contribution >= 0.6 is 12.2 Å². The Morgan fingerprint density at radius 3 is 2.50 bits per heavy atom. The lowest BCUT2D eigenvalue weighted by Gasteiger charge is -2.37. The molecule has 1 aromatic rings. The highest BCUT2D eigenvalue weighted by molar-refractivity contribution is 7.89. The summed E-state index contributed by atoms with van der Waals surface area (Å²) in [6.45, 7) is 3.10. The molecule has 0 radical (unpaired) electrons. The molecule has 2 aliphatic rings. The van der Waals surface area contributed by atoms with E-state index in [-0.39, 0.29) is 16.9 Å². The van der Waals surface area contributed by atoms with Crippen molar-refractivity contribution in [1.29, 1.82) is 0 Å². The van der Waals surface area contributed by atoms with Gasteiger partial charge in [-0.05, 0) is 43.3 Å². The van der Waals surface area contributed by atoms with E-state index in [0.717, 1.165) is 12.8 Å². The molecule has 2 saturated heterocycles. The van der Waals surface area contributed by atoms with Crippen LogP contribution in [0, 0.1) is 0 Å². The summed E-state index contributed by atoms with van der Waals surface area (Å²) in [4.78, 5) is 16.5. The number of hydrogen-bond donors (Lipinski definition) is 1. The monoisotopic (exact) mass is 426 g/mol. The van der Waals surface area contributed by atoms with Crippen molar-refractivity contribution in [2.24, 2.45) is 0 Å². The van der Waals surface area contributed by atoms with Crippen LogP contribution in [-0.4, -0.2) is 86.5 Å². The Labute approximate surface area is 171 Å². The van der Waals surface area contributed by atoms with Gasteiger partial charge in [0, 0.05) is 52.6 Å². The highest BCUT2D eigenvalue weighted by Crippen LogP contribution is 2.19. The highest BCUT2D eigenvalue weighted by Gasteiger charge is 2.30. The molecular weight excluding hydrogens is 400 g/mol. The molecule has 0 aliphatic carbocycles. The quantitative estimate of drug-likeness (QED) is 0.718. The van der Waals surface area contributed by atoms with E-state index in [1.54, 1.807) is 24.3 Å². The lowest BCUT2D eigenvalue weighted by atomic mass is 10.2. The Morgan fingerprint density at radius 2 is 1.89 bits per heavy atom. The second-order valence-electron chi connectivity index (χ2n) is 7.06. The van der Waals surface area contributed by atoms with Crippen molar-refractivity contribution in [3.63, 3.8) is 0 Å². The van der Waals surface area contributed by atoms with Gasteiger partial charge in [-0.1, -0.05) is 6.07 Å². The van der Waals surface area contributed by atoms with Crippen LogP contribution in [0.2, 0.25) is 0 Å². The number of thiocarbonyl (C=S) groups is 1. The molecule has 8 nitrogen and oxygen atoms in total. The number of rotatable bonds is 4. The molecular formula is C18H26N4O4S2. The van der Waals surface area contributed by atoms with E-state index in [2.05, 4.69) is 5.32 Å². The summed E-state index contributed by atoms with van der Waals surface area (Å²) in [6, 6.07) is 6.58. The molecule has 10 heteroatoms. The van der Waals surface area contributed by atoms with Crippen LogP contribution in [-0.2, 0) is 19.6 Å². The van der Waals surface area contributed by atoms with Crippen LogP contribution in [0.25, 0.3) is 0 Å². The fraction of sp³-hybridized carbons (Fsp3) is 0.556. The van der Waals surface area contributed by atoms with Crippen molar-refractivity contribution in [3.05, 3.63) is 24.3 Å². The second kappa shape index (κ2) is 8.73. The van der Waals surface area contributed by atoms with E-state index in [0.29, 0.717) is 43.6 Å². The molecule has 3 rings (SSSR count). The number of carbonyl (C=O) groups is 1. The minimum Gasteiger partial charge on any atom is -0.368 e. The zero-order valence-electron chi connectivity index (χ0n) is 16.1. The van der Waals surface area contributed by atoms with Gasteiger partial charge in [0.15, 0.2) is 5.11 Å². The van der Waals surface area contributed by atoms with E-state index in [1.165, 1.54) is 18.4 Å². The predicted octanol–water partition coefficient (Wildman–Crippen LogP) is 0.957. The van der Waals surface area contributed by atoms with Gasteiger partial charge in [-0.2, -0.15) is 0 Å². The average molecular weight is 427 g/mol. The largest absolute Gasteiger partial charge is 0.368 e. The molecule has 0 saturated carbocycles. The van der Waals surface area contributed by atoms with Gasteiger partial charge in [-0.25, -0.2) is 12.7 Å². The summed E-state index contributed by atoms with van der Waals surface area (Å²) in [5.74, 6) is 0.0672. The number of hydrogen-bond acceptors (Lipinski definition) is 5. The maximum Gasteiger partial charge on any atom is 0.251 e. The van der Waals surface area contributed by atoms with Crippen LogP contribution in [0.4, 0.5) is 5.69 Å². The van der Waals surface area contributed by atoms with Crippen LogP contribution in [0.5, 0.6) is 0 Å². The van der Waals surface area contributed by atoms with E-state index < -0.39 is 10.0 Å². The normalized spacial score (nSPS) is 20.5. The molecule has 1 atom stereocenters. The van der Waals surface area contributed by atoms with Gasteiger partial charge in [0.2, 0.25) is 10.0 Å². The molecule has 154 valence electrons. The summed E-state index contributed by atoms with van der Waals surface area (Å²) in [5, 5.41) is 3.63. The maximum atomic E-state index is 12.4. The molecule has 1 aromatic carbocycles. The lowest BCUT2D eigenvalue weighted by Crippen LogP contribution is -2.53. The number of nitrogens with one attached hydrogen (secondary N) is 1. The first-order chi connectivity index (χ1) is 13.3. The standard InChI is InChI=1S/C18H26N4O4S2/c1-20(2)28(24,25)15-6-3-5-14(13-15)19-18(27)22-10-8-21(9-11-22)17(23)16-7-4-12-26-16/h3,5-6,13,16H,4,7-12H2,1-2H3,(H,19,27). The van der Waals surface area contributed by atoms with Gasteiger partial charge < -0.3 is 19.9 Å². The number of anilines is 1. The minimum atomic E-state index is -3.50. The SMILES string of the molecule is CN(C)S(=O)(=O)c1cccc(NC(=S)N2CCN(C(=O)C3CCCO3)CC2)c1. The van der Waals surface area contributed by atoms with Crippen molar-refractivity contribution in [2.75, 3.05) is 52.2 Å². The Morgan fingerprint density at radius 1 is 1.21 bits per heavy atom. The smallest absolute Gasteiger partial charge is 0.251 e. The molecule has 0 spiro atoms. The number of benzene rings is 1. The third kappa shape index (κ3) is 4.62. The first kappa shape index (κ1) is 21.0. The van der Waals surface area contributed by atoms with Crippen molar-refractivity contribution in [1.82, 2.24) is 14.1 Å². The van der Waals surface area contributed by atoms with Crippen molar-refractivity contribution < 1.29 is 17.9 Å². The Hall–Kier alpha value is -1.75. The number of ether oxygens (including phenoxy) is 1. The predicted molar refractivity (Wildman–Crippen MR) is 111 cm³/mol. The number of carbonyl (C=O) groups excluding carboxylic acids is 1. The van der Waals surface area contributed by atoms with E-state index in [4.69, 9.17) is 17.0 Å². The summed E-state index contributed by atoms with van der Waals surface area (Å²) >= 11 is 5.48. The first-order valence-corrected chi connectivity index (χ1v) is 11.1. The maximum absolute atomic E-state index is 12.4. The van der Waals surface area contributed by atoms with Gasteiger partial charge in [0.25, 0.3) is 5.91 Å². The zero-order chi connectivity index (χ0) is 20.3. The third-order valence-corrected chi connectivity index (χ3v) is 7.12. The number of piperazine rings is 1. The molecule has 28 heavy (non-hydrogen) atoms. The third-order valence-electron chi connectivity index (χ3n) is 4.95.